The summed E-state index contributed by atoms with van der Waals surface area (Å²) >= 11 is 0. The lowest BCUT2D eigenvalue weighted by Crippen LogP contribution is -2.18. The quantitative estimate of drug-likeness (QED) is 0.924. The van der Waals surface area contributed by atoms with Gasteiger partial charge in [-0.25, -0.2) is 0 Å². The predicted octanol–water partition coefficient (Wildman–Crippen LogP) is 3.95. The Morgan fingerprint density at radius 2 is 1.95 bits per heavy atom. The number of fused-ring (bicyclic) bond motifs is 2. The summed E-state index contributed by atoms with van der Waals surface area (Å²) in [7, 11) is 0. The Balaban J connectivity index is 1.48. The van der Waals surface area contributed by atoms with Gasteiger partial charge in [0.15, 0.2) is 11.5 Å². The van der Waals surface area contributed by atoms with E-state index >= 15 is 0 Å². The largest absolute Gasteiger partial charge is 0.454 e. The highest BCUT2D eigenvalue weighted by atomic mass is 16.7. The summed E-state index contributed by atoms with van der Waals surface area (Å²) in [6.45, 7) is 1.30. The molecule has 0 fully saturated rings. The van der Waals surface area contributed by atoms with Crippen LogP contribution in [-0.2, 0) is 6.42 Å². The van der Waals surface area contributed by atoms with E-state index in [1.54, 1.807) is 0 Å². The fourth-order valence-electron chi connectivity index (χ4n) is 3.31. The molecule has 4 rings (SSSR count). The third-order valence-electron chi connectivity index (χ3n) is 4.42. The minimum Gasteiger partial charge on any atom is -0.454 e. The fraction of sp³-hybridized carbons (Fsp3) is 0.333. The molecule has 0 bridgehead atoms. The molecule has 0 saturated heterocycles. The van der Waals surface area contributed by atoms with E-state index in [0.29, 0.717) is 12.7 Å². The number of ether oxygens (including phenoxy) is 2. The summed E-state index contributed by atoms with van der Waals surface area (Å²) in [6, 6.07) is 14.9. The zero-order valence-electron chi connectivity index (χ0n) is 12.0. The average Bonchev–Trinajstić information content (AvgIpc) is 3.00. The van der Waals surface area contributed by atoms with Crippen molar-refractivity contribution < 1.29 is 9.47 Å². The molecule has 0 amide bonds. The first kappa shape index (κ1) is 12.6. The van der Waals surface area contributed by atoms with E-state index in [4.69, 9.17) is 9.47 Å². The van der Waals surface area contributed by atoms with Crippen LogP contribution in [0.5, 0.6) is 11.5 Å². The van der Waals surface area contributed by atoms with E-state index in [0.717, 1.165) is 23.7 Å². The highest BCUT2D eigenvalue weighted by molar-refractivity contribution is 5.55. The lowest BCUT2D eigenvalue weighted by atomic mass is 9.83. The number of anilines is 1. The first-order valence-corrected chi connectivity index (χ1v) is 7.61. The van der Waals surface area contributed by atoms with Crippen LogP contribution in [0, 0.1) is 0 Å². The maximum Gasteiger partial charge on any atom is 0.231 e. The maximum atomic E-state index is 5.42. The summed E-state index contributed by atoms with van der Waals surface area (Å²) in [5.74, 6) is 2.27. The molecular weight excluding hydrogens is 262 g/mol. The van der Waals surface area contributed by atoms with Crippen molar-refractivity contribution in [3.05, 3.63) is 53.6 Å². The monoisotopic (exact) mass is 281 g/mol. The highest BCUT2D eigenvalue weighted by Crippen LogP contribution is 2.35. The standard InChI is InChI=1S/C18H19NO2/c1-2-7-16-13(4-1)5-3-6-14(16)11-19-15-8-9-17-18(10-15)21-12-20-17/h1-2,4,7-10,14,19H,3,5-6,11-12H2. The van der Waals surface area contributed by atoms with Crippen molar-refractivity contribution in [2.45, 2.75) is 25.2 Å². The number of hydrogen-bond donors (Lipinski definition) is 1. The molecule has 1 unspecified atom stereocenters. The van der Waals surface area contributed by atoms with Crippen molar-refractivity contribution in [3.63, 3.8) is 0 Å². The maximum absolute atomic E-state index is 5.42. The molecule has 0 aromatic heterocycles. The lowest BCUT2D eigenvalue weighted by molar-refractivity contribution is 0.174. The average molecular weight is 281 g/mol. The molecule has 2 aromatic carbocycles. The van der Waals surface area contributed by atoms with Crippen molar-refractivity contribution >= 4 is 5.69 Å². The van der Waals surface area contributed by atoms with Crippen molar-refractivity contribution in [2.24, 2.45) is 0 Å². The van der Waals surface area contributed by atoms with Gasteiger partial charge in [0.1, 0.15) is 0 Å². The second-order valence-electron chi connectivity index (χ2n) is 5.74. The lowest BCUT2D eigenvalue weighted by Gasteiger charge is -2.26. The van der Waals surface area contributed by atoms with Gasteiger partial charge in [0.2, 0.25) is 6.79 Å². The van der Waals surface area contributed by atoms with Gasteiger partial charge in [-0.05, 0) is 42.5 Å². The zero-order chi connectivity index (χ0) is 14.1. The Morgan fingerprint density at radius 3 is 2.95 bits per heavy atom. The Kier molecular flexibility index (Phi) is 3.18. The molecule has 1 heterocycles. The summed E-state index contributed by atoms with van der Waals surface area (Å²) in [6.07, 6.45) is 3.76. The molecule has 1 atom stereocenters. The molecule has 3 heteroatoms. The Labute approximate surface area is 124 Å². The molecule has 1 N–H and O–H groups in total. The van der Waals surface area contributed by atoms with Gasteiger partial charge in [-0.1, -0.05) is 24.3 Å². The van der Waals surface area contributed by atoms with Crippen LogP contribution >= 0.6 is 0 Å². The van der Waals surface area contributed by atoms with Gasteiger partial charge < -0.3 is 14.8 Å². The van der Waals surface area contributed by atoms with Crippen LogP contribution in [0.3, 0.4) is 0 Å². The zero-order valence-corrected chi connectivity index (χ0v) is 12.0. The van der Waals surface area contributed by atoms with Crippen molar-refractivity contribution in [2.75, 3.05) is 18.7 Å². The van der Waals surface area contributed by atoms with E-state index in [1.165, 1.54) is 30.4 Å². The SMILES string of the molecule is c1ccc2c(c1)CCCC2CNc1ccc2c(c1)OCO2. The molecule has 0 spiro atoms. The van der Waals surface area contributed by atoms with Gasteiger partial charge >= 0.3 is 0 Å². The smallest absolute Gasteiger partial charge is 0.231 e. The summed E-state index contributed by atoms with van der Waals surface area (Å²) in [5.41, 5.74) is 4.13. The van der Waals surface area contributed by atoms with Crippen LogP contribution in [0.4, 0.5) is 5.69 Å². The van der Waals surface area contributed by atoms with Gasteiger partial charge in [-0.3, -0.25) is 0 Å². The summed E-state index contributed by atoms with van der Waals surface area (Å²) in [5, 5.41) is 3.55. The molecule has 0 saturated carbocycles. The van der Waals surface area contributed by atoms with Gasteiger partial charge in [-0.15, -0.1) is 0 Å². The van der Waals surface area contributed by atoms with Crippen molar-refractivity contribution in [1.29, 1.82) is 0 Å². The number of aryl methyl sites for hydroxylation is 1. The van der Waals surface area contributed by atoms with Crippen LogP contribution in [0.1, 0.15) is 29.9 Å². The minimum atomic E-state index is 0.328. The Hall–Kier alpha value is -2.16. The highest BCUT2D eigenvalue weighted by Gasteiger charge is 2.20. The van der Waals surface area contributed by atoms with E-state index in [-0.39, 0.29) is 0 Å². The predicted molar refractivity (Wildman–Crippen MR) is 83.2 cm³/mol. The van der Waals surface area contributed by atoms with E-state index in [9.17, 15) is 0 Å². The molecule has 1 aliphatic carbocycles. The first-order chi connectivity index (χ1) is 10.4. The summed E-state index contributed by atoms with van der Waals surface area (Å²) < 4.78 is 10.8. The van der Waals surface area contributed by atoms with Crippen LogP contribution in [-0.4, -0.2) is 13.3 Å². The Morgan fingerprint density at radius 1 is 1.05 bits per heavy atom. The molecule has 1 aliphatic heterocycles. The van der Waals surface area contributed by atoms with E-state index < -0.39 is 0 Å². The van der Waals surface area contributed by atoms with Gasteiger partial charge in [-0.2, -0.15) is 0 Å². The van der Waals surface area contributed by atoms with Gasteiger partial charge in [0.25, 0.3) is 0 Å². The van der Waals surface area contributed by atoms with E-state index in [1.807, 2.05) is 12.1 Å². The molecular formula is C18H19NO2. The van der Waals surface area contributed by atoms with Crippen LogP contribution < -0.4 is 14.8 Å². The molecule has 108 valence electrons. The molecule has 0 radical (unpaired) electrons. The first-order valence-electron chi connectivity index (χ1n) is 7.61. The fourth-order valence-corrected chi connectivity index (χ4v) is 3.31. The molecule has 21 heavy (non-hydrogen) atoms. The number of nitrogens with one attached hydrogen (secondary N) is 1. The van der Waals surface area contributed by atoms with Crippen LogP contribution in [0.2, 0.25) is 0 Å². The normalized spacial score (nSPS) is 19.1. The summed E-state index contributed by atoms with van der Waals surface area (Å²) in [4.78, 5) is 0. The van der Waals surface area contributed by atoms with Crippen molar-refractivity contribution in [3.8, 4) is 11.5 Å². The molecule has 2 aromatic rings. The Bertz CT molecular complexity index is 653. The van der Waals surface area contributed by atoms with Crippen molar-refractivity contribution in [1.82, 2.24) is 0 Å². The molecule has 3 nitrogen and oxygen atoms in total. The minimum absolute atomic E-state index is 0.328. The second kappa shape index (κ2) is 5.32. The number of benzene rings is 2. The molecule has 2 aliphatic rings. The third-order valence-corrected chi connectivity index (χ3v) is 4.42. The number of rotatable bonds is 3. The topological polar surface area (TPSA) is 30.5 Å². The second-order valence-corrected chi connectivity index (χ2v) is 5.74. The van der Waals surface area contributed by atoms with Gasteiger partial charge in [0, 0.05) is 24.2 Å². The van der Waals surface area contributed by atoms with Crippen LogP contribution in [0.25, 0.3) is 0 Å². The van der Waals surface area contributed by atoms with E-state index in [2.05, 4.69) is 35.6 Å². The van der Waals surface area contributed by atoms with Gasteiger partial charge in [0.05, 0.1) is 0 Å². The van der Waals surface area contributed by atoms with Crippen LogP contribution in [0.15, 0.2) is 42.5 Å². The third kappa shape index (κ3) is 2.44. The number of hydrogen-bond acceptors (Lipinski definition) is 3.